The van der Waals surface area contributed by atoms with Crippen molar-refractivity contribution in [2.45, 2.75) is 43.6 Å². The third-order valence-electron chi connectivity index (χ3n) is 5.88. The Labute approximate surface area is 147 Å². The first kappa shape index (κ1) is 17.7. The van der Waals surface area contributed by atoms with Gasteiger partial charge in [0, 0.05) is 12.0 Å². The summed E-state index contributed by atoms with van der Waals surface area (Å²) in [6.45, 7) is 1.65. The standard InChI is InChI=1S/C19H24FN3O2/c20-15-4-1-3-14(11-15)19(12-21,13-7-9-22-10-8-13)16-5-2-6-17(16)23-18(24)25/h1,3-4,11,13,16-17,22-23H,2,5-10H2,(H,24,25)/t16-,17-,19?/m0/s1. The van der Waals surface area contributed by atoms with Crippen LogP contribution in [0.1, 0.15) is 37.7 Å². The van der Waals surface area contributed by atoms with Crippen molar-refractivity contribution in [1.29, 1.82) is 5.26 Å². The quantitative estimate of drug-likeness (QED) is 0.783. The summed E-state index contributed by atoms with van der Waals surface area (Å²) < 4.78 is 14.0. The molecule has 3 N–H and O–H groups in total. The van der Waals surface area contributed by atoms with E-state index < -0.39 is 11.5 Å². The van der Waals surface area contributed by atoms with Crippen LogP contribution in [-0.4, -0.2) is 30.3 Å². The average Bonchev–Trinajstić information content (AvgIpc) is 3.05. The summed E-state index contributed by atoms with van der Waals surface area (Å²) in [5.74, 6) is -0.410. The van der Waals surface area contributed by atoms with Gasteiger partial charge in [-0.2, -0.15) is 5.26 Å². The van der Waals surface area contributed by atoms with Crippen molar-refractivity contribution < 1.29 is 14.3 Å². The zero-order valence-corrected chi connectivity index (χ0v) is 14.2. The van der Waals surface area contributed by atoms with Gasteiger partial charge < -0.3 is 15.7 Å². The molecule has 1 saturated heterocycles. The van der Waals surface area contributed by atoms with Gasteiger partial charge in [-0.25, -0.2) is 9.18 Å². The number of nitriles is 1. The smallest absolute Gasteiger partial charge is 0.404 e. The summed E-state index contributed by atoms with van der Waals surface area (Å²) in [6.07, 6.45) is 2.98. The molecule has 3 rings (SSSR count). The van der Waals surface area contributed by atoms with Crippen molar-refractivity contribution in [1.82, 2.24) is 10.6 Å². The van der Waals surface area contributed by atoms with Gasteiger partial charge in [-0.3, -0.25) is 0 Å². The van der Waals surface area contributed by atoms with E-state index in [1.165, 1.54) is 12.1 Å². The van der Waals surface area contributed by atoms with Crippen molar-refractivity contribution in [2.24, 2.45) is 11.8 Å². The zero-order valence-electron chi connectivity index (χ0n) is 14.2. The summed E-state index contributed by atoms with van der Waals surface area (Å²) in [7, 11) is 0. The second-order valence-corrected chi connectivity index (χ2v) is 7.11. The molecule has 1 saturated carbocycles. The molecule has 2 fully saturated rings. The molecule has 1 aliphatic heterocycles. The highest BCUT2D eigenvalue weighted by atomic mass is 19.1. The van der Waals surface area contributed by atoms with Gasteiger partial charge in [-0.15, -0.1) is 0 Å². The van der Waals surface area contributed by atoms with Gasteiger partial charge in [-0.05, 0) is 62.4 Å². The van der Waals surface area contributed by atoms with Crippen molar-refractivity contribution in [3.63, 3.8) is 0 Å². The lowest BCUT2D eigenvalue weighted by atomic mass is 9.59. The van der Waals surface area contributed by atoms with Crippen LogP contribution in [0.2, 0.25) is 0 Å². The first-order valence-electron chi connectivity index (χ1n) is 8.95. The molecule has 0 aromatic heterocycles. The van der Waals surface area contributed by atoms with E-state index in [0.717, 1.165) is 45.2 Å². The molecule has 1 unspecified atom stereocenters. The number of hydrogen-bond donors (Lipinski definition) is 3. The number of carbonyl (C=O) groups is 1. The van der Waals surface area contributed by atoms with Crippen LogP contribution in [0.15, 0.2) is 24.3 Å². The molecular weight excluding hydrogens is 321 g/mol. The number of halogens is 1. The second-order valence-electron chi connectivity index (χ2n) is 7.11. The SMILES string of the molecule is N#CC(c1cccc(F)c1)(C1CCNCC1)[C@H]1CCC[C@@H]1NC(=O)O. The summed E-state index contributed by atoms with van der Waals surface area (Å²) in [5, 5.41) is 25.4. The third kappa shape index (κ3) is 3.34. The molecule has 2 aliphatic rings. The van der Waals surface area contributed by atoms with Crippen LogP contribution < -0.4 is 10.6 Å². The van der Waals surface area contributed by atoms with Gasteiger partial charge in [0.25, 0.3) is 0 Å². The fourth-order valence-corrected chi connectivity index (χ4v) is 4.85. The lowest BCUT2D eigenvalue weighted by molar-refractivity contribution is 0.153. The summed E-state index contributed by atoms with van der Waals surface area (Å²) in [5.41, 5.74) is -0.181. The summed E-state index contributed by atoms with van der Waals surface area (Å²) >= 11 is 0. The van der Waals surface area contributed by atoms with Crippen molar-refractivity contribution in [3.05, 3.63) is 35.6 Å². The highest BCUT2D eigenvalue weighted by Crippen LogP contribution is 2.49. The Morgan fingerprint density at radius 2 is 2.08 bits per heavy atom. The Bertz CT molecular complexity index is 669. The molecule has 25 heavy (non-hydrogen) atoms. The van der Waals surface area contributed by atoms with Gasteiger partial charge in [0.15, 0.2) is 0 Å². The molecule has 0 bridgehead atoms. The van der Waals surface area contributed by atoms with E-state index in [-0.39, 0.29) is 23.7 Å². The predicted molar refractivity (Wildman–Crippen MR) is 91.6 cm³/mol. The minimum Gasteiger partial charge on any atom is -0.465 e. The third-order valence-corrected chi connectivity index (χ3v) is 5.88. The number of piperidine rings is 1. The van der Waals surface area contributed by atoms with E-state index in [1.807, 2.05) is 6.07 Å². The normalized spacial score (nSPS) is 26.6. The topological polar surface area (TPSA) is 85.2 Å². The second kappa shape index (κ2) is 7.40. The summed E-state index contributed by atoms with van der Waals surface area (Å²) in [4.78, 5) is 11.2. The lowest BCUT2D eigenvalue weighted by Crippen LogP contribution is -2.51. The van der Waals surface area contributed by atoms with Crippen LogP contribution in [0.4, 0.5) is 9.18 Å². The highest BCUT2D eigenvalue weighted by molar-refractivity contribution is 5.65. The minimum absolute atomic E-state index is 0.0849. The molecule has 0 spiro atoms. The maximum absolute atomic E-state index is 14.0. The number of hydrogen-bond acceptors (Lipinski definition) is 3. The largest absolute Gasteiger partial charge is 0.465 e. The highest BCUT2D eigenvalue weighted by Gasteiger charge is 2.52. The van der Waals surface area contributed by atoms with E-state index >= 15 is 0 Å². The van der Waals surface area contributed by atoms with E-state index in [0.29, 0.717) is 5.56 Å². The first-order chi connectivity index (χ1) is 12.1. The van der Waals surface area contributed by atoms with E-state index in [1.54, 1.807) is 6.07 Å². The first-order valence-corrected chi connectivity index (χ1v) is 8.95. The number of nitrogens with zero attached hydrogens (tertiary/aromatic N) is 1. The molecule has 134 valence electrons. The molecule has 1 aliphatic carbocycles. The molecule has 1 aromatic rings. The number of nitrogens with one attached hydrogen (secondary N) is 2. The Morgan fingerprint density at radius 1 is 1.32 bits per heavy atom. The fraction of sp³-hybridized carbons (Fsp3) is 0.579. The van der Waals surface area contributed by atoms with Crippen molar-refractivity contribution in [2.75, 3.05) is 13.1 Å². The predicted octanol–water partition coefficient (Wildman–Crippen LogP) is 3.02. The molecule has 1 heterocycles. The van der Waals surface area contributed by atoms with E-state index in [4.69, 9.17) is 0 Å². The molecule has 1 aromatic carbocycles. The van der Waals surface area contributed by atoms with Gasteiger partial charge in [-0.1, -0.05) is 18.6 Å². The zero-order chi connectivity index (χ0) is 17.9. The van der Waals surface area contributed by atoms with Gasteiger partial charge >= 0.3 is 6.09 Å². The molecule has 3 atom stereocenters. The molecule has 1 amide bonds. The molecule has 6 heteroatoms. The number of amides is 1. The average molecular weight is 345 g/mol. The Balaban J connectivity index is 2.07. The summed E-state index contributed by atoms with van der Waals surface area (Å²) in [6, 6.07) is 8.59. The number of rotatable bonds is 4. The van der Waals surface area contributed by atoms with Gasteiger partial charge in [0.05, 0.1) is 11.5 Å². The number of carboxylic acid groups (broad SMARTS) is 1. The maximum Gasteiger partial charge on any atom is 0.404 e. The van der Waals surface area contributed by atoms with Gasteiger partial charge in [0.2, 0.25) is 0 Å². The van der Waals surface area contributed by atoms with Crippen LogP contribution in [-0.2, 0) is 5.41 Å². The molecule has 0 radical (unpaired) electrons. The van der Waals surface area contributed by atoms with Gasteiger partial charge in [0.1, 0.15) is 5.82 Å². The monoisotopic (exact) mass is 345 g/mol. The number of benzene rings is 1. The Hall–Kier alpha value is -2.13. The van der Waals surface area contributed by atoms with Crippen LogP contribution in [0.25, 0.3) is 0 Å². The van der Waals surface area contributed by atoms with Crippen molar-refractivity contribution >= 4 is 6.09 Å². The molecular formula is C19H24FN3O2. The van der Waals surface area contributed by atoms with Crippen LogP contribution >= 0.6 is 0 Å². The van der Waals surface area contributed by atoms with Crippen LogP contribution in [0.5, 0.6) is 0 Å². The van der Waals surface area contributed by atoms with Crippen molar-refractivity contribution in [3.8, 4) is 6.07 Å². The fourth-order valence-electron chi connectivity index (χ4n) is 4.85. The lowest BCUT2D eigenvalue weighted by Gasteiger charge is -2.44. The Kier molecular flexibility index (Phi) is 5.24. The minimum atomic E-state index is -1.06. The molecule has 5 nitrogen and oxygen atoms in total. The Morgan fingerprint density at radius 3 is 2.72 bits per heavy atom. The van der Waals surface area contributed by atoms with Crippen LogP contribution in [0.3, 0.4) is 0 Å². The van der Waals surface area contributed by atoms with E-state index in [2.05, 4.69) is 16.7 Å². The maximum atomic E-state index is 14.0. The van der Waals surface area contributed by atoms with E-state index in [9.17, 15) is 19.6 Å². The van der Waals surface area contributed by atoms with Crippen LogP contribution in [0, 0.1) is 29.0 Å².